The van der Waals surface area contributed by atoms with E-state index in [-0.39, 0.29) is 11.9 Å². The molecule has 3 N–H and O–H groups in total. The van der Waals surface area contributed by atoms with Gasteiger partial charge in [0.15, 0.2) is 5.96 Å². The summed E-state index contributed by atoms with van der Waals surface area (Å²) >= 11 is 0. The highest BCUT2D eigenvalue weighted by molar-refractivity contribution is 6.06. The van der Waals surface area contributed by atoms with Crippen LogP contribution in [0.4, 0.5) is 0 Å². The number of para-hydroxylation sites is 1. The summed E-state index contributed by atoms with van der Waals surface area (Å²) < 4.78 is 0. The Morgan fingerprint density at radius 2 is 1.88 bits per heavy atom. The molecule has 0 unspecified atom stereocenters. The van der Waals surface area contributed by atoms with Crippen LogP contribution in [0.1, 0.15) is 36.7 Å². The highest BCUT2D eigenvalue weighted by Crippen LogP contribution is 2.14. The zero-order valence-corrected chi connectivity index (χ0v) is 15.4. The number of H-pyrrole nitrogens is 1. The van der Waals surface area contributed by atoms with Gasteiger partial charge >= 0.3 is 0 Å². The highest BCUT2D eigenvalue weighted by atomic mass is 16.2. The number of nitrogens with zero attached hydrogens (tertiary/aromatic N) is 2. The number of hydrogen-bond donors (Lipinski definition) is 3. The normalized spacial score (nSPS) is 11.0. The Balaban J connectivity index is 1.98. The average molecular weight is 343 g/mol. The number of hydrogen-bond acceptors (Lipinski definition) is 3. The molecule has 136 valence electrons. The fraction of sp³-hybridized carbons (Fsp3) is 0.474. The van der Waals surface area contributed by atoms with E-state index in [4.69, 9.17) is 5.41 Å². The van der Waals surface area contributed by atoms with Crippen LogP contribution in [-0.2, 0) is 0 Å². The summed E-state index contributed by atoms with van der Waals surface area (Å²) in [5, 5.41) is 12.0. The van der Waals surface area contributed by atoms with Crippen LogP contribution in [0.25, 0.3) is 10.9 Å². The summed E-state index contributed by atoms with van der Waals surface area (Å²) in [6.45, 7) is 4.65. The number of amides is 1. The third-order valence-corrected chi connectivity index (χ3v) is 4.14. The molecule has 0 atom stereocenters. The second-order valence-electron chi connectivity index (χ2n) is 6.57. The number of aromatic amines is 1. The number of carbonyl (C=O) groups is 1. The topological polar surface area (TPSA) is 75.2 Å². The summed E-state index contributed by atoms with van der Waals surface area (Å²) in [6.07, 6.45) is 3.03. The Labute approximate surface area is 149 Å². The van der Waals surface area contributed by atoms with E-state index in [1.54, 1.807) is 0 Å². The second-order valence-corrected chi connectivity index (χ2v) is 6.57. The molecule has 2 rings (SSSR count). The number of nitrogens with one attached hydrogen (secondary N) is 3. The van der Waals surface area contributed by atoms with Crippen molar-refractivity contribution in [3.63, 3.8) is 0 Å². The zero-order valence-electron chi connectivity index (χ0n) is 15.4. The van der Waals surface area contributed by atoms with Crippen LogP contribution >= 0.6 is 0 Å². The standard InChI is InChI=1S/C19H29N5O/c1-4-5-12-24(13-8-11-23(2)3)19(20)22-18(25)17-14-15-9-6-7-10-16(15)21-17/h6-7,9-10,14,21H,4-5,8,11-13H2,1-3H3,(H2,20,22,25). The Morgan fingerprint density at radius 3 is 2.56 bits per heavy atom. The van der Waals surface area contributed by atoms with Gasteiger partial charge in [-0.15, -0.1) is 0 Å². The minimum atomic E-state index is -0.268. The van der Waals surface area contributed by atoms with Crippen molar-refractivity contribution in [2.75, 3.05) is 33.7 Å². The molecule has 0 aliphatic heterocycles. The van der Waals surface area contributed by atoms with Crippen LogP contribution in [0.5, 0.6) is 0 Å². The average Bonchev–Trinajstić information content (AvgIpc) is 3.01. The Hall–Kier alpha value is -2.34. The number of rotatable bonds is 8. The van der Waals surface area contributed by atoms with Gasteiger partial charge in [0.05, 0.1) is 0 Å². The molecule has 2 aromatic rings. The van der Waals surface area contributed by atoms with E-state index in [0.717, 1.165) is 49.8 Å². The molecule has 6 nitrogen and oxygen atoms in total. The van der Waals surface area contributed by atoms with Crippen molar-refractivity contribution in [1.29, 1.82) is 5.41 Å². The molecule has 1 aromatic carbocycles. The predicted octanol–water partition coefficient (Wildman–Crippen LogP) is 2.89. The molecule has 1 amide bonds. The molecule has 1 aromatic heterocycles. The van der Waals surface area contributed by atoms with E-state index >= 15 is 0 Å². The number of carbonyl (C=O) groups excluding carboxylic acids is 1. The molecule has 0 spiro atoms. The van der Waals surface area contributed by atoms with E-state index in [1.807, 2.05) is 49.3 Å². The van der Waals surface area contributed by atoms with Gasteiger partial charge in [-0.25, -0.2) is 0 Å². The lowest BCUT2D eigenvalue weighted by molar-refractivity contribution is 0.0967. The Bertz CT molecular complexity index is 674. The number of fused-ring (bicyclic) bond motifs is 1. The SMILES string of the molecule is CCCCN(CCCN(C)C)C(=N)NC(=O)c1cc2ccccc2[nH]1. The first-order valence-electron chi connectivity index (χ1n) is 8.88. The lowest BCUT2D eigenvalue weighted by Gasteiger charge is -2.25. The molecule has 0 saturated heterocycles. The van der Waals surface area contributed by atoms with Gasteiger partial charge in [0.1, 0.15) is 5.69 Å². The van der Waals surface area contributed by atoms with Crippen molar-refractivity contribution < 1.29 is 4.79 Å². The smallest absolute Gasteiger partial charge is 0.274 e. The van der Waals surface area contributed by atoms with Crippen LogP contribution in [0.2, 0.25) is 0 Å². The third-order valence-electron chi connectivity index (χ3n) is 4.14. The van der Waals surface area contributed by atoms with Crippen molar-refractivity contribution >= 4 is 22.8 Å². The van der Waals surface area contributed by atoms with E-state index < -0.39 is 0 Å². The maximum atomic E-state index is 12.5. The highest BCUT2D eigenvalue weighted by Gasteiger charge is 2.15. The molecular weight excluding hydrogens is 314 g/mol. The van der Waals surface area contributed by atoms with Crippen molar-refractivity contribution in [3.8, 4) is 0 Å². The minimum absolute atomic E-state index is 0.177. The molecule has 0 aliphatic rings. The quantitative estimate of drug-likeness (QED) is 0.509. The first-order valence-corrected chi connectivity index (χ1v) is 8.88. The number of guanidine groups is 1. The molecule has 6 heteroatoms. The van der Waals surface area contributed by atoms with Gasteiger partial charge in [0.2, 0.25) is 0 Å². The number of aromatic nitrogens is 1. The van der Waals surface area contributed by atoms with E-state index in [9.17, 15) is 4.79 Å². The van der Waals surface area contributed by atoms with Gasteiger partial charge in [0.25, 0.3) is 5.91 Å². The van der Waals surface area contributed by atoms with E-state index in [2.05, 4.69) is 22.1 Å². The Morgan fingerprint density at radius 1 is 1.16 bits per heavy atom. The lowest BCUT2D eigenvalue weighted by Crippen LogP contribution is -2.44. The Kier molecular flexibility index (Phi) is 7.01. The lowest BCUT2D eigenvalue weighted by atomic mass is 10.2. The van der Waals surface area contributed by atoms with Crippen LogP contribution in [-0.4, -0.2) is 60.4 Å². The molecule has 0 radical (unpaired) electrons. The molecule has 0 fully saturated rings. The maximum Gasteiger partial charge on any atom is 0.274 e. The molecule has 0 saturated carbocycles. The van der Waals surface area contributed by atoms with Gasteiger partial charge in [-0.3, -0.25) is 15.5 Å². The fourth-order valence-corrected chi connectivity index (χ4v) is 2.71. The van der Waals surface area contributed by atoms with Gasteiger partial charge in [0, 0.05) is 24.0 Å². The predicted molar refractivity (Wildman–Crippen MR) is 103 cm³/mol. The molecule has 0 aliphatic carbocycles. The van der Waals surface area contributed by atoms with Crippen LogP contribution < -0.4 is 5.32 Å². The van der Waals surface area contributed by atoms with E-state index in [1.165, 1.54) is 0 Å². The molecule has 0 bridgehead atoms. The van der Waals surface area contributed by atoms with Gasteiger partial charge in [-0.05, 0) is 45.6 Å². The van der Waals surface area contributed by atoms with Crippen LogP contribution in [0.15, 0.2) is 30.3 Å². The third kappa shape index (κ3) is 5.60. The first-order chi connectivity index (χ1) is 12.0. The van der Waals surface area contributed by atoms with Crippen LogP contribution in [0, 0.1) is 5.41 Å². The largest absolute Gasteiger partial charge is 0.351 e. The summed E-state index contributed by atoms with van der Waals surface area (Å²) in [6, 6.07) is 9.59. The van der Waals surface area contributed by atoms with Crippen molar-refractivity contribution in [1.82, 2.24) is 20.1 Å². The molecule has 1 heterocycles. The van der Waals surface area contributed by atoms with E-state index in [0.29, 0.717) is 5.69 Å². The molecular formula is C19H29N5O. The van der Waals surface area contributed by atoms with Gasteiger partial charge in [-0.1, -0.05) is 31.5 Å². The number of unbranched alkanes of at least 4 members (excludes halogenated alkanes) is 1. The summed E-state index contributed by atoms with van der Waals surface area (Å²) in [5.74, 6) is -0.0915. The minimum Gasteiger partial charge on any atom is -0.351 e. The second kappa shape index (κ2) is 9.22. The van der Waals surface area contributed by atoms with Gasteiger partial charge < -0.3 is 14.8 Å². The van der Waals surface area contributed by atoms with Crippen molar-refractivity contribution in [2.45, 2.75) is 26.2 Å². The maximum absolute atomic E-state index is 12.5. The first kappa shape index (κ1) is 19.0. The van der Waals surface area contributed by atoms with Gasteiger partial charge in [-0.2, -0.15) is 0 Å². The van der Waals surface area contributed by atoms with Crippen LogP contribution in [0.3, 0.4) is 0 Å². The summed E-state index contributed by atoms with van der Waals surface area (Å²) in [5.41, 5.74) is 1.41. The number of benzene rings is 1. The monoisotopic (exact) mass is 343 g/mol. The molecule has 25 heavy (non-hydrogen) atoms. The fourth-order valence-electron chi connectivity index (χ4n) is 2.71. The summed E-state index contributed by atoms with van der Waals surface area (Å²) in [7, 11) is 4.08. The van der Waals surface area contributed by atoms with Crippen molar-refractivity contribution in [2.24, 2.45) is 0 Å². The zero-order chi connectivity index (χ0) is 18.2. The van der Waals surface area contributed by atoms with Crippen molar-refractivity contribution in [3.05, 3.63) is 36.0 Å². The summed E-state index contributed by atoms with van der Waals surface area (Å²) in [4.78, 5) is 19.7.